The highest BCUT2D eigenvalue weighted by Gasteiger charge is 2.11. The molecule has 0 unspecified atom stereocenters. The maximum absolute atomic E-state index is 11.5. The summed E-state index contributed by atoms with van der Waals surface area (Å²) >= 11 is 0. The van der Waals surface area contributed by atoms with E-state index < -0.39 is 11.8 Å². The Balaban J connectivity index is 2.38. The fourth-order valence-electron chi connectivity index (χ4n) is 1.63. The molecule has 5 nitrogen and oxygen atoms in total. The molecule has 0 radical (unpaired) electrons. The quantitative estimate of drug-likeness (QED) is 0.607. The van der Waals surface area contributed by atoms with Gasteiger partial charge in [0.1, 0.15) is 0 Å². The monoisotopic (exact) mass is 278 g/mol. The number of carbonyl (C=O) groups excluding carboxylic acids is 2. The van der Waals surface area contributed by atoms with Gasteiger partial charge in [-0.25, -0.2) is 0 Å². The van der Waals surface area contributed by atoms with Crippen LogP contribution in [0, 0.1) is 0 Å². The van der Waals surface area contributed by atoms with Crippen molar-refractivity contribution in [2.75, 3.05) is 20.3 Å². The lowest BCUT2D eigenvalue weighted by atomic mass is 10.0. The summed E-state index contributed by atoms with van der Waals surface area (Å²) in [6.45, 7) is 5.30. The smallest absolute Gasteiger partial charge is 0.309 e. The summed E-state index contributed by atoms with van der Waals surface area (Å²) in [7, 11) is 1.53. The minimum atomic E-state index is -0.638. The van der Waals surface area contributed by atoms with Gasteiger partial charge in [0.05, 0.1) is 6.61 Å². The zero-order chi connectivity index (χ0) is 15.0. The zero-order valence-corrected chi connectivity index (χ0v) is 12.2. The molecule has 1 aromatic carbocycles. The van der Waals surface area contributed by atoms with Gasteiger partial charge < -0.3 is 15.4 Å². The molecule has 0 fully saturated rings. The van der Waals surface area contributed by atoms with Crippen LogP contribution >= 0.6 is 0 Å². The van der Waals surface area contributed by atoms with Gasteiger partial charge in [0.25, 0.3) is 0 Å². The van der Waals surface area contributed by atoms with Gasteiger partial charge in [-0.2, -0.15) is 0 Å². The van der Waals surface area contributed by atoms with E-state index in [2.05, 4.69) is 24.5 Å². The first-order valence-electron chi connectivity index (χ1n) is 6.68. The number of amides is 2. The molecule has 2 N–H and O–H groups in total. The Labute approximate surface area is 119 Å². The average Bonchev–Trinajstić information content (AvgIpc) is 2.45. The summed E-state index contributed by atoms with van der Waals surface area (Å²) in [6, 6.07) is 7.98. The van der Waals surface area contributed by atoms with Crippen LogP contribution in [-0.4, -0.2) is 32.1 Å². The lowest BCUT2D eigenvalue weighted by molar-refractivity contribution is -0.139. The van der Waals surface area contributed by atoms with Crippen LogP contribution in [0.4, 0.5) is 0 Å². The van der Waals surface area contributed by atoms with Gasteiger partial charge in [-0.05, 0) is 17.0 Å². The third kappa shape index (κ3) is 5.40. The number of hydrogen-bond donors (Lipinski definition) is 2. The normalized spacial score (nSPS) is 10.4. The maximum Gasteiger partial charge on any atom is 0.309 e. The molecule has 0 heterocycles. The summed E-state index contributed by atoms with van der Waals surface area (Å²) in [5.74, 6) is -0.792. The van der Waals surface area contributed by atoms with Crippen LogP contribution < -0.4 is 10.6 Å². The summed E-state index contributed by atoms with van der Waals surface area (Å²) in [5.41, 5.74) is 2.21. The molecule has 110 valence electrons. The SMILES string of the molecule is COCCNC(=O)C(=O)NCc1ccc(C(C)C)cc1. The van der Waals surface area contributed by atoms with E-state index in [0.29, 0.717) is 25.6 Å². The van der Waals surface area contributed by atoms with Crippen LogP contribution in [0.15, 0.2) is 24.3 Å². The molecule has 2 amide bonds. The van der Waals surface area contributed by atoms with Crippen molar-refractivity contribution in [2.45, 2.75) is 26.3 Å². The molecule has 5 heteroatoms. The zero-order valence-electron chi connectivity index (χ0n) is 12.2. The molecular weight excluding hydrogens is 256 g/mol. The Morgan fingerprint density at radius 3 is 2.25 bits per heavy atom. The molecule has 0 aliphatic rings. The van der Waals surface area contributed by atoms with Crippen LogP contribution in [0.2, 0.25) is 0 Å². The first kappa shape index (κ1) is 16.2. The Bertz CT molecular complexity index is 441. The topological polar surface area (TPSA) is 67.4 Å². The number of rotatable bonds is 6. The van der Waals surface area contributed by atoms with E-state index in [9.17, 15) is 9.59 Å². The van der Waals surface area contributed by atoms with E-state index in [4.69, 9.17) is 4.74 Å². The summed E-state index contributed by atoms with van der Waals surface area (Å²) < 4.78 is 4.79. The van der Waals surface area contributed by atoms with Crippen molar-refractivity contribution in [3.8, 4) is 0 Å². The summed E-state index contributed by atoms with van der Waals surface area (Å²) in [4.78, 5) is 22.9. The molecule has 0 saturated carbocycles. The number of methoxy groups -OCH3 is 1. The van der Waals surface area contributed by atoms with Crippen molar-refractivity contribution >= 4 is 11.8 Å². The molecule has 0 bridgehead atoms. The van der Waals surface area contributed by atoms with Crippen molar-refractivity contribution in [3.05, 3.63) is 35.4 Å². The molecule has 0 spiro atoms. The number of nitrogens with one attached hydrogen (secondary N) is 2. The number of ether oxygens (including phenoxy) is 1. The number of benzene rings is 1. The third-order valence-electron chi connectivity index (χ3n) is 2.90. The largest absolute Gasteiger partial charge is 0.383 e. The highest BCUT2D eigenvalue weighted by Crippen LogP contribution is 2.14. The van der Waals surface area contributed by atoms with Crippen LogP contribution in [0.5, 0.6) is 0 Å². The van der Waals surface area contributed by atoms with E-state index in [0.717, 1.165) is 5.56 Å². The van der Waals surface area contributed by atoms with E-state index in [1.54, 1.807) is 0 Å². The van der Waals surface area contributed by atoms with Crippen molar-refractivity contribution < 1.29 is 14.3 Å². The lowest BCUT2D eigenvalue weighted by Gasteiger charge is -2.08. The Kier molecular flexibility index (Phi) is 6.73. The second-order valence-electron chi connectivity index (χ2n) is 4.83. The first-order chi connectivity index (χ1) is 9.54. The molecule has 0 aromatic heterocycles. The van der Waals surface area contributed by atoms with Crippen molar-refractivity contribution in [1.29, 1.82) is 0 Å². The van der Waals surface area contributed by atoms with Crippen molar-refractivity contribution in [3.63, 3.8) is 0 Å². The van der Waals surface area contributed by atoms with Crippen molar-refractivity contribution in [2.24, 2.45) is 0 Å². The highest BCUT2D eigenvalue weighted by molar-refractivity contribution is 6.35. The van der Waals surface area contributed by atoms with Gasteiger partial charge in [-0.1, -0.05) is 38.1 Å². The Morgan fingerprint density at radius 2 is 1.70 bits per heavy atom. The van der Waals surface area contributed by atoms with Gasteiger partial charge in [0.2, 0.25) is 0 Å². The predicted molar refractivity (Wildman–Crippen MR) is 77.3 cm³/mol. The molecule has 0 atom stereocenters. The maximum atomic E-state index is 11.5. The van der Waals surface area contributed by atoms with Gasteiger partial charge in [-0.3, -0.25) is 9.59 Å². The van der Waals surface area contributed by atoms with Gasteiger partial charge in [-0.15, -0.1) is 0 Å². The third-order valence-corrected chi connectivity index (χ3v) is 2.90. The van der Waals surface area contributed by atoms with Crippen LogP contribution in [-0.2, 0) is 20.9 Å². The molecule has 0 aliphatic heterocycles. The summed E-state index contributed by atoms with van der Waals surface area (Å²) in [5, 5.41) is 5.05. The highest BCUT2D eigenvalue weighted by atomic mass is 16.5. The minimum Gasteiger partial charge on any atom is -0.383 e. The van der Waals surface area contributed by atoms with Gasteiger partial charge in [0.15, 0.2) is 0 Å². The fraction of sp³-hybridized carbons (Fsp3) is 0.467. The molecule has 20 heavy (non-hydrogen) atoms. The average molecular weight is 278 g/mol. The predicted octanol–water partition coefficient (Wildman–Crippen LogP) is 1.19. The van der Waals surface area contributed by atoms with Gasteiger partial charge in [0, 0.05) is 20.2 Å². The van der Waals surface area contributed by atoms with E-state index in [-0.39, 0.29) is 0 Å². The van der Waals surface area contributed by atoms with Crippen LogP contribution in [0.1, 0.15) is 30.9 Å². The molecule has 0 aliphatic carbocycles. The Morgan fingerprint density at radius 1 is 1.10 bits per heavy atom. The molecular formula is C15H22N2O3. The molecule has 1 rings (SSSR count). The second kappa shape index (κ2) is 8.32. The number of hydrogen-bond acceptors (Lipinski definition) is 3. The Hall–Kier alpha value is -1.88. The summed E-state index contributed by atoms with van der Waals surface area (Å²) in [6.07, 6.45) is 0. The van der Waals surface area contributed by atoms with E-state index in [1.807, 2.05) is 24.3 Å². The van der Waals surface area contributed by atoms with Crippen molar-refractivity contribution in [1.82, 2.24) is 10.6 Å². The standard InChI is InChI=1S/C15H22N2O3/c1-11(2)13-6-4-12(5-7-13)10-17-15(19)14(18)16-8-9-20-3/h4-7,11H,8-10H2,1-3H3,(H,16,18)(H,17,19). The van der Waals surface area contributed by atoms with Crippen LogP contribution in [0.25, 0.3) is 0 Å². The molecule has 1 aromatic rings. The molecule has 0 saturated heterocycles. The first-order valence-corrected chi connectivity index (χ1v) is 6.68. The van der Waals surface area contributed by atoms with E-state index >= 15 is 0 Å². The minimum absolute atomic E-state index is 0.325. The van der Waals surface area contributed by atoms with Gasteiger partial charge >= 0.3 is 11.8 Å². The van der Waals surface area contributed by atoms with Crippen LogP contribution in [0.3, 0.4) is 0 Å². The van der Waals surface area contributed by atoms with E-state index in [1.165, 1.54) is 12.7 Å². The fourth-order valence-corrected chi connectivity index (χ4v) is 1.63. The lowest BCUT2D eigenvalue weighted by Crippen LogP contribution is -2.40. The second-order valence-corrected chi connectivity index (χ2v) is 4.83. The number of carbonyl (C=O) groups is 2.